The molecule has 0 bridgehead atoms. The second-order valence-electron chi connectivity index (χ2n) is 2.92. The third-order valence-electron chi connectivity index (χ3n) is 1.77. The Morgan fingerprint density at radius 1 is 1.69 bits per heavy atom. The molecule has 0 aliphatic carbocycles. The quantitative estimate of drug-likeness (QED) is 0.717. The Morgan fingerprint density at radius 2 is 2.54 bits per heavy atom. The molecule has 0 atom stereocenters. The van der Waals surface area contributed by atoms with Crippen LogP contribution in [0.1, 0.15) is 32.0 Å². The van der Waals surface area contributed by atoms with E-state index in [1.54, 1.807) is 12.4 Å². The van der Waals surface area contributed by atoms with Crippen molar-refractivity contribution in [2.75, 3.05) is 0 Å². The van der Waals surface area contributed by atoms with Crippen LogP contribution in [-0.4, -0.2) is 15.9 Å². The fraction of sp³-hybridized carbons (Fsp3) is 0.556. The van der Waals surface area contributed by atoms with Gasteiger partial charge in [0.15, 0.2) is 0 Å². The molecule has 1 aromatic rings. The van der Waals surface area contributed by atoms with E-state index in [4.69, 9.17) is 0 Å². The number of nitrogens with zero attached hydrogens (tertiary/aromatic N) is 1. The van der Waals surface area contributed by atoms with Crippen LogP contribution in [0.4, 0.5) is 0 Å². The molecule has 0 aliphatic heterocycles. The molecular weight excluding hydrogens is 166 g/mol. The molecule has 1 rings (SSSR count). The molecule has 72 valence electrons. The van der Waals surface area contributed by atoms with E-state index in [0.29, 0.717) is 13.0 Å². The average molecular weight is 181 g/mol. The summed E-state index contributed by atoms with van der Waals surface area (Å²) in [5.74, 6) is 0.892. The molecular formula is C9H15N3O. The van der Waals surface area contributed by atoms with Crippen LogP contribution in [0.3, 0.4) is 0 Å². The summed E-state index contributed by atoms with van der Waals surface area (Å²) in [6.45, 7) is 2.56. The predicted octanol–water partition coefficient (Wildman–Crippen LogP) is 1.22. The number of aromatic nitrogens is 2. The van der Waals surface area contributed by atoms with Crippen molar-refractivity contribution in [3.05, 3.63) is 18.2 Å². The third kappa shape index (κ3) is 3.73. The van der Waals surface area contributed by atoms with Crippen LogP contribution in [0.2, 0.25) is 0 Å². The molecule has 4 nitrogen and oxygen atoms in total. The van der Waals surface area contributed by atoms with Crippen molar-refractivity contribution in [1.82, 2.24) is 15.3 Å². The van der Waals surface area contributed by atoms with E-state index in [0.717, 1.165) is 18.7 Å². The molecule has 0 aromatic carbocycles. The molecule has 4 heteroatoms. The first kappa shape index (κ1) is 9.77. The summed E-state index contributed by atoms with van der Waals surface area (Å²) in [5, 5.41) is 2.79. The minimum absolute atomic E-state index is 0.0956. The zero-order valence-electron chi connectivity index (χ0n) is 7.84. The number of imidazole rings is 1. The van der Waals surface area contributed by atoms with Gasteiger partial charge in [-0.2, -0.15) is 0 Å². The van der Waals surface area contributed by atoms with Crippen LogP contribution >= 0.6 is 0 Å². The van der Waals surface area contributed by atoms with E-state index in [1.807, 2.05) is 0 Å². The summed E-state index contributed by atoms with van der Waals surface area (Å²) < 4.78 is 0. The van der Waals surface area contributed by atoms with Gasteiger partial charge < -0.3 is 10.3 Å². The minimum Gasteiger partial charge on any atom is -0.349 e. The molecule has 0 unspecified atom stereocenters. The third-order valence-corrected chi connectivity index (χ3v) is 1.77. The van der Waals surface area contributed by atoms with Crippen molar-refractivity contribution >= 4 is 5.91 Å². The van der Waals surface area contributed by atoms with Crippen LogP contribution < -0.4 is 5.32 Å². The highest BCUT2D eigenvalue weighted by atomic mass is 16.1. The lowest BCUT2D eigenvalue weighted by molar-refractivity contribution is -0.121. The smallest absolute Gasteiger partial charge is 0.220 e. The summed E-state index contributed by atoms with van der Waals surface area (Å²) in [5.41, 5.74) is 0. The van der Waals surface area contributed by atoms with Gasteiger partial charge in [-0.15, -0.1) is 0 Å². The lowest BCUT2D eigenvalue weighted by Crippen LogP contribution is -2.22. The number of aromatic amines is 1. The molecule has 2 N–H and O–H groups in total. The van der Waals surface area contributed by atoms with Crippen molar-refractivity contribution in [2.45, 2.75) is 32.7 Å². The van der Waals surface area contributed by atoms with Gasteiger partial charge in [-0.3, -0.25) is 4.79 Å². The summed E-state index contributed by atoms with van der Waals surface area (Å²) in [7, 11) is 0. The van der Waals surface area contributed by atoms with Gasteiger partial charge in [-0.1, -0.05) is 13.3 Å². The van der Waals surface area contributed by atoms with E-state index >= 15 is 0 Å². The topological polar surface area (TPSA) is 57.8 Å². The van der Waals surface area contributed by atoms with Gasteiger partial charge in [0.25, 0.3) is 0 Å². The van der Waals surface area contributed by atoms with Gasteiger partial charge in [-0.25, -0.2) is 4.98 Å². The van der Waals surface area contributed by atoms with E-state index in [-0.39, 0.29) is 5.91 Å². The molecule has 1 amide bonds. The van der Waals surface area contributed by atoms with Crippen LogP contribution in [0.15, 0.2) is 12.4 Å². The number of unbranched alkanes of at least 4 members (excludes halogenated alkanes) is 1. The molecule has 0 fully saturated rings. The first-order valence-corrected chi connectivity index (χ1v) is 4.58. The van der Waals surface area contributed by atoms with Gasteiger partial charge in [0.1, 0.15) is 5.82 Å². The molecule has 1 heterocycles. The largest absolute Gasteiger partial charge is 0.349 e. The fourth-order valence-corrected chi connectivity index (χ4v) is 1.00. The van der Waals surface area contributed by atoms with E-state index in [9.17, 15) is 4.79 Å². The Balaban J connectivity index is 2.15. The van der Waals surface area contributed by atoms with Crippen LogP contribution in [0.25, 0.3) is 0 Å². The summed E-state index contributed by atoms with van der Waals surface area (Å²) in [4.78, 5) is 18.1. The van der Waals surface area contributed by atoms with Crippen LogP contribution in [0, 0.1) is 0 Å². The molecule has 0 spiro atoms. The predicted molar refractivity (Wildman–Crippen MR) is 50.0 cm³/mol. The summed E-state index contributed by atoms with van der Waals surface area (Å²) in [6.07, 6.45) is 6.02. The second kappa shape index (κ2) is 5.35. The monoisotopic (exact) mass is 181 g/mol. The maximum absolute atomic E-state index is 11.1. The molecule has 0 saturated heterocycles. The lowest BCUT2D eigenvalue weighted by atomic mass is 10.2. The Labute approximate surface area is 77.8 Å². The van der Waals surface area contributed by atoms with Crippen molar-refractivity contribution in [3.63, 3.8) is 0 Å². The molecule has 0 radical (unpaired) electrons. The Kier molecular flexibility index (Phi) is 4.02. The van der Waals surface area contributed by atoms with E-state index in [1.165, 1.54) is 0 Å². The Bertz CT molecular complexity index is 243. The van der Waals surface area contributed by atoms with Crippen molar-refractivity contribution in [2.24, 2.45) is 0 Å². The molecule has 0 saturated carbocycles. The molecule has 13 heavy (non-hydrogen) atoms. The van der Waals surface area contributed by atoms with Crippen molar-refractivity contribution in [1.29, 1.82) is 0 Å². The zero-order chi connectivity index (χ0) is 9.52. The van der Waals surface area contributed by atoms with Gasteiger partial charge in [-0.05, 0) is 6.42 Å². The highest BCUT2D eigenvalue weighted by molar-refractivity contribution is 5.75. The second-order valence-corrected chi connectivity index (χ2v) is 2.92. The van der Waals surface area contributed by atoms with Gasteiger partial charge in [0.2, 0.25) is 5.91 Å². The van der Waals surface area contributed by atoms with Crippen LogP contribution in [0.5, 0.6) is 0 Å². The summed E-state index contributed by atoms with van der Waals surface area (Å²) in [6, 6.07) is 0. The van der Waals surface area contributed by atoms with Crippen LogP contribution in [-0.2, 0) is 11.3 Å². The van der Waals surface area contributed by atoms with Gasteiger partial charge >= 0.3 is 0 Å². The fourth-order valence-electron chi connectivity index (χ4n) is 1.00. The number of amides is 1. The maximum Gasteiger partial charge on any atom is 0.220 e. The summed E-state index contributed by atoms with van der Waals surface area (Å²) >= 11 is 0. The van der Waals surface area contributed by atoms with E-state index < -0.39 is 0 Å². The number of H-pyrrole nitrogens is 1. The Morgan fingerprint density at radius 3 is 3.15 bits per heavy atom. The number of hydrogen-bond acceptors (Lipinski definition) is 2. The van der Waals surface area contributed by atoms with Crippen molar-refractivity contribution < 1.29 is 4.79 Å². The number of rotatable bonds is 5. The van der Waals surface area contributed by atoms with E-state index in [2.05, 4.69) is 22.2 Å². The number of hydrogen-bond donors (Lipinski definition) is 2. The molecule has 1 aromatic heterocycles. The first-order chi connectivity index (χ1) is 6.33. The first-order valence-electron chi connectivity index (χ1n) is 4.58. The molecule has 0 aliphatic rings. The number of carbonyl (C=O) groups is 1. The standard InChI is InChI=1S/C9H15N3O/c1-2-3-4-9(13)12-7-8-10-5-6-11-8/h5-6H,2-4,7H2,1H3,(H,10,11)(H,12,13). The highest BCUT2D eigenvalue weighted by Gasteiger charge is 2.00. The SMILES string of the molecule is CCCCC(=O)NCc1ncc[nH]1. The normalized spacial score (nSPS) is 9.92. The number of carbonyl (C=O) groups excluding carboxylic acids is 1. The minimum atomic E-state index is 0.0956. The Hall–Kier alpha value is -1.32. The van der Waals surface area contributed by atoms with Crippen molar-refractivity contribution in [3.8, 4) is 0 Å². The van der Waals surface area contributed by atoms with Gasteiger partial charge in [0, 0.05) is 18.8 Å². The maximum atomic E-state index is 11.1. The number of nitrogens with one attached hydrogen (secondary N) is 2. The highest BCUT2D eigenvalue weighted by Crippen LogP contribution is 1.94. The lowest BCUT2D eigenvalue weighted by Gasteiger charge is -2.01. The average Bonchev–Trinajstić information content (AvgIpc) is 2.64. The zero-order valence-corrected chi connectivity index (χ0v) is 7.84. The van der Waals surface area contributed by atoms with Gasteiger partial charge in [0.05, 0.1) is 6.54 Å².